The summed E-state index contributed by atoms with van der Waals surface area (Å²) in [6, 6.07) is 76.0. The Morgan fingerprint density at radius 1 is 0.318 bits per heavy atom. The Kier molecular flexibility index (Phi) is 7.65. The number of nitrogens with zero attached hydrogens (tertiary/aromatic N) is 6. The Bertz CT molecular complexity index is 4080. The first-order chi connectivity index (χ1) is 32.7. The van der Waals surface area contributed by atoms with Gasteiger partial charge < -0.3 is 18.3 Å². The van der Waals surface area contributed by atoms with E-state index in [9.17, 15) is 5.26 Å². The van der Waals surface area contributed by atoms with Crippen LogP contribution in [0.15, 0.2) is 219 Å². The van der Waals surface area contributed by atoms with Crippen molar-refractivity contribution in [3.63, 3.8) is 0 Å². The van der Waals surface area contributed by atoms with Gasteiger partial charge in [0.15, 0.2) is 0 Å². The molecule has 0 amide bonds. The molecule has 0 saturated carbocycles. The van der Waals surface area contributed by atoms with Gasteiger partial charge in [-0.25, -0.2) is 0 Å². The Labute approximate surface area is 378 Å². The number of hydrogen-bond acceptors (Lipinski definition) is 2. The maximum Gasteiger partial charge on any atom is 0.0991 e. The van der Waals surface area contributed by atoms with Crippen molar-refractivity contribution in [2.45, 2.75) is 0 Å². The van der Waals surface area contributed by atoms with E-state index < -0.39 is 0 Å². The topological polar surface area (TPSA) is 56.4 Å². The summed E-state index contributed by atoms with van der Waals surface area (Å²) in [5, 5.41) is 19.5. The summed E-state index contributed by atoms with van der Waals surface area (Å²) in [5.41, 5.74) is 15.6. The first-order valence-corrected chi connectivity index (χ1v) is 22.3. The van der Waals surface area contributed by atoms with Crippen molar-refractivity contribution in [1.29, 1.82) is 5.26 Å². The second-order valence-corrected chi connectivity index (χ2v) is 17.1. The highest BCUT2D eigenvalue weighted by atomic mass is 15.1. The Balaban J connectivity index is 1.13. The lowest BCUT2D eigenvalue weighted by atomic mass is 10.0. The van der Waals surface area contributed by atoms with Crippen molar-refractivity contribution in [3.05, 3.63) is 224 Å². The molecular formula is C60H36N6. The molecule has 6 nitrogen and oxygen atoms in total. The summed E-state index contributed by atoms with van der Waals surface area (Å²) >= 11 is 0. The fourth-order valence-electron chi connectivity index (χ4n) is 10.9. The Morgan fingerprint density at radius 3 is 1.06 bits per heavy atom. The second-order valence-electron chi connectivity index (χ2n) is 17.1. The molecule has 0 unspecified atom stereocenters. The quantitative estimate of drug-likeness (QED) is 0.173. The number of fused-ring (bicyclic) bond motifs is 12. The highest BCUT2D eigenvalue weighted by molar-refractivity contribution is 6.21. The maximum atomic E-state index is 10.00. The molecule has 5 heterocycles. The normalized spacial score (nSPS) is 11.9. The number of pyridine rings is 1. The van der Waals surface area contributed by atoms with Gasteiger partial charge in [-0.05, 0) is 90.5 Å². The summed E-state index contributed by atoms with van der Waals surface area (Å²) in [7, 11) is 0. The molecule has 0 bridgehead atoms. The largest absolute Gasteiger partial charge is 0.309 e. The van der Waals surface area contributed by atoms with Gasteiger partial charge in [0.2, 0.25) is 0 Å². The van der Waals surface area contributed by atoms with E-state index in [0.29, 0.717) is 5.56 Å². The van der Waals surface area contributed by atoms with Gasteiger partial charge >= 0.3 is 0 Å². The number of nitriles is 1. The molecule has 6 heteroatoms. The minimum Gasteiger partial charge on any atom is -0.309 e. The van der Waals surface area contributed by atoms with Crippen LogP contribution in [0.5, 0.6) is 0 Å². The van der Waals surface area contributed by atoms with E-state index in [1.165, 1.54) is 32.3 Å². The SMILES string of the molecule is N#Cc1ccc(-c2c(-n3c4ccccc4c4cc5c6ccccc6n(-c6ccccc6)c5cc43)cncc2-n2c3ccccc3c3cc4c5ccccc5n(-c5ccccc5)c4cc32)cc1. The molecule has 0 radical (unpaired) electrons. The lowest BCUT2D eigenvalue weighted by Crippen LogP contribution is -2.05. The van der Waals surface area contributed by atoms with E-state index in [0.717, 1.165) is 88.8 Å². The van der Waals surface area contributed by atoms with Gasteiger partial charge in [0, 0.05) is 60.0 Å². The zero-order chi connectivity index (χ0) is 43.5. The summed E-state index contributed by atoms with van der Waals surface area (Å²) in [4.78, 5) is 5.16. The predicted octanol–water partition coefficient (Wildman–Crippen LogP) is 15.0. The highest BCUT2D eigenvalue weighted by Gasteiger charge is 2.25. The van der Waals surface area contributed by atoms with Crippen LogP contribution in [0, 0.1) is 11.3 Å². The van der Waals surface area contributed by atoms with Crippen molar-refractivity contribution in [1.82, 2.24) is 23.3 Å². The van der Waals surface area contributed by atoms with Crippen LogP contribution >= 0.6 is 0 Å². The first-order valence-electron chi connectivity index (χ1n) is 22.3. The molecule has 0 aliphatic heterocycles. The van der Waals surface area contributed by atoms with Crippen LogP contribution in [-0.4, -0.2) is 23.3 Å². The van der Waals surface area contributed by atoms with Gasteiger partial charge in [-0.15, -0.1) is 0 Å². The van der Waals surface area contributed by atoms with Crippen molar-refractivity contribution in [2.75, 3.05) is 0 Å². The van der Waals surface area contributed by atoms with Crippen LogP contribution in [0.3, 0.4) is 0 Å². The van der Waals surface area contributed by atoms with Crippen LogP contribution in [0.2, 0.25) is 0 Å². The van der Waals surface area contributed by atoms with Crippen LogP contribution in [0.1, 0.15) is 5.56 Å². The molecule has 0 atom stereocenters. The Morgan fingerprint density at radius 2 is 0.667 bits per heavy atom. The van der Waals surface area contributed by atoms with Gasteiger partial charge in [0.25, 0.3) is 0 Å². The fourth-order valence-corrected chi connectivity index (χ4v) is 10.9. The van der Waals surface area contributed by atoms with Crippen LogP contribution < -0.4 is 0 Å². The molecule has 5 aromatic heterocycles. The third-order valence-corrected chi connectivity index (χ3v) is 13.7. The molecule has 0 saturated heterocycles. The van der Waals surface area contributed by atoms with Gasteiger partial charge in [0.1, 0.15) is 0 Å². The molecule has 0 fully saturated rings. The van der Waals surface area contributed by atoms with Crippen LogP contribution in [0.25, 0.3) is 121 Å². The van der Waals surface area contributed by atoms with E-state index in [2.05, 4.69) is 218 Å². The minimum absolute atomic E-state index is 0.608. The van der Waals surface area contributed by atoms with Gasteiger partial charge in [-0.2, -0.15) is 5.26 Å². The van der Waals surface area contributed by atoms with Crippen molar-refractivity contribution >= 4 is 87.2 Å². The van der Waals surface area contributed by atoms with E-state index in [1.807, 2.05) is 24.5 Å². The van der Waals surface area contributed by atoms with Crippen molar-refractivity contribution < 1.29 is 0 Å². The van der Waals surface area contributed by atoms with Crippen molar-refractivity contribution in [3.8, 4) is 39.9 Å². The minimum atomic E-state index is 0.608. The fraction of sp³-hybridized carbons (Fsp3) is 0. The van der Waals surface area contributed by atoms with E-state index in [4.69, 9.17) is 4.98 Å². The molecule has 0 aliphatic rings. The molecule has 0 spiro atoms. The summed E-state index contributed by atoms with van der Waals surface area (Å²) < 4.78 is 9.58. The van der Waals surface area contributed by atoms with Crippen LogP contribution in [0.4, 0.5) is 0 Å². The summed E-state index contributed by atoms with van der Waals surface area (Å²) in [6.45, 7) is 0. The smallest absolute Gasteiger partial charge is 0.0991 e. The maximum absolute atomic E-state index is 10.00. The molecule has 66 heavy (non-hydrogen) atoms. The number of benzene rings is 9. The van der Waals surface area contributed by atoms with E-state index in [1.54, 1.807) is 0 Å². The van der Waals surface area contributed by atoms with Crippen LogP contribution in [-0.2, 0) is 0 Å². The predicted molar refractivity (Wildman–Crippen MR) is 272 cm³/mol. The van der Waals surface area contributed by atoms with Gasteiger partial charge in [0.05, 0.1) is 79.5 Å². The van der Waals surface area contributed by atoms with E-state index >= 15 is 0 Å². The summed E-state index contributed by atoms with van der Waals surface area (Å²) in [6.07, 6.45) is 4.03. The zero-order valence-electron chi connectivity index (χ0n) is 35.5. The molecule has 9 aromatic carbocycles. The monoisotopic (exact) mass is 840 g/mol. The molecular weight excluding hydrogens is 805 g/mol. The molecule has 14 rings (SSSR count). The van der Waals surface area contributed by atoms with Gasteiger partial charge in [-0.1, -0.05) is 121 Å². The lowest BCUT2D eigenvalue weighted by Gasteiger charge is -2.20. The average molecular weight is 841 g/mol. The van der Waals surface area contributed by atoms with Gasteiger partial charge in [-0.3, -0.25) is 4.98 Å². The third kappa shape index (κ3) is 5.08. The first kappa shape index (κ1) is 36.3. The third-order valence-electron chi connectivity index (χ3n) is 13.7. The zero-order valence-corrected chi connectivity index (χ0v) is 35.5. The highest BCUT2D eigenvalue weighted by Crippen LogP contribution is 2.45. The van der Waals surface area contributed by atoms with E-state index in [-0.39, 0.29) is 0 Å². The number of para-hydroxylation sites is 6. The molecule has 306 valence electrons. The molecule has 0 N–H and O–H groups in total. The molecule has 0 aliphatic carbocycles. The Hall–Kier alpha value is -9.18. The molecule has 14 aromatic rings. The number of rotatable bonds is 5. The second kappa shape index (κ2) is 13.9. The number of aromatic nitrogens is 5. The number of hydrogen-bond donors (Lipinski definition) is 0. The summed E-state index contributed by atoms with van der Waals surface area (Å²) in [5.74, 6) is 0. The van der Waals surface area contributed by atoms with Crippen molar-refractivity contribution in [2.24, 2.45) is 0 Å². The average Bonchev–Trinajstić information content (AvgIpc) is 4.09. The lowest BCUT2D eigenvalue weighted by molar-refractivity contribution is 1.09. The standard InChI is InChI=1S/C60H36N6/c61-35-38-27-29-39(30-28-38)60-58(65-52-25-13-9-21-44(52)48-31-46-42-19-7-11-23-50(42)63(54(46)33-56(48)65)40-15-3-1-4-16-40)36-62-37-59(60)66-53-26-14-10-22-45(53)49-32-47-43-20-8-12-24-51(43)64(55(47)34-57(49)66)41-17-5-2-6-18-41/h1-34,36-37H.